The van der Waals surface area contributed by atoms with Gasteiger partial charge in [0.2, 0.25) is 0 Å². The number of hydrogen-bond acceptors (Lipinski definition) is 3. The van der Waals surface area contributed by atoms with Gasteiger partial charge in [-0.1, -0.05) is 0 Å². The van der Waals surface area contributed by atoms with Gasteiger partial charge in [-0.2, -0.15) is 5.10 Å². The summed E-state index contributed by atoms with van der Waals surface area (Å²) in [4.78, 5) is 0. The maximum Gasteiger partial charge on any atom is 0.0623 e. The lowest BCUT2D eigenvalue weighted by Gasteiger charge is -2.24. The van der Waals surface area contributed by atoms with Gasteiger partial charge in [0.1, 0.15) is 0 Å². The Kier molecular flexibility index (Phi) is 2.92. The molecule has 2 saturated heterocycles. The van der Waals surface area contributed by atoms with Crippen LogP contribution in [0, 0.1) is 5.92 Å². The molecule has 1 aromatic rings. The van der Waals surface area contributed by atoms with Crippen molar-refractivity contribution in [2.75, 3.05) is 0 Å². The van der Waals surface area contributed by atoms with Crippen molar-refractivity contribution in [1.29, 1.82) is 0 Å². The molecule has 0 amide bonds. The first kappa shape index (κ1) is 11.2. The van der Waals surface area contributed by atoms with Gasteiger partial charge in [-0.25, -0.2) is 0 Å². The van der Waals surface area contributed by atoms with Gasteiger partial charge >= 0.3 is 0 Å². The van der Waals surface area contributed by atoms with Crippen molar-refractivity contribution in [3.8, 4) is 0 Å². The first-order chi connectivity index (χ1) is 8.26. The number of fused-ring (bicyclic) bond motifs is 2. The van der Waals surface area contributed by atoms with Crippen molar-refractivity contribution in [1.82, 2.24) is 9.78 Å². The Morgan fingerprint density at radius 1 is 1.59 bits per heavy atom. The predicted molar refractivity (Wildman–Crippen MR) is 65.6 cm³/mol. The minimum absolute atomic E-state index is 0.222. The van der Waals surface area contributed by atoms with Crippen LogP contribution in [0.15, 0.2) is 12.4 Å². The number of aromatic nitrogens is 2. The molecule has 0 saturated carbocycles. The van der Waals surface area contributed by atoms with E-state index in [1.807, 2.05) is 10.9 Å². The maximum atomic E-state index is 6.33. The van der Waals surface area contributed by atoms with Gasteiger partial charge in [0.25, 0.3) is 0 Å². The molecule has 4 atom stereocenters. The average molecular weight is 235 g/mol. The van der Waals surface area contributed by atoms with Crippen LogP contribution in [0.2, 0.25) is 0 Å². The van der Waals surface area contributed by atoms with E-state index in [4.69, 9.17) is 10.5 Å². The lowest BCUT2D eigenvalue weighted by molar-refractivity contribution is 0.0885. The van der Waals surface area contributed by atoms with Gasteiger partial charge in [0.15, 0.2) is 0 Å². The average Bonchev–Trinajstić information content (AvgIpc) is 3.04. The van der Waals surface area contributed by atoms with Crippen molar-refractivity contribution in [2.45, 2.75) is 57.4 Å². The lowest BCUT2D eigenvalue weighted by Crippen LogP contribution is -2.37. The van der Waals surface area contributed by atoms with Gasteiger partial charge < -0.3 is 10.5 Å². The fourth-order valence-electron chi connectivity index (χ4n) is 3.24. The normalized spacial score (nSPS) is 33.2. The Bertz CT molecular complexity index is 390. The summed E-state index contributed by atoms with van der Waals surface area (Å²) in [6, 6.07) is 0.222. The van der Waals surface area contributed by atoms with Crippen molar-refractivity contribution in [3.63, 3.8) is 0 Å². The molecular weight excluding hydrogens is 214 g/mol. The molecule has 2 N–H and O–H groups in total. The Morgan fingerprint density at radius 3 is 3.06 bits per heavy atom. The Labute approximate surface area is 102 Å². The molecule has 2 bridgehead atoms. The van der Waals surface area contributed by atoms with Crippen LogP contribution in [-0.2, 0) is 17.7 Å². The molecular formula is C13H21N3O. The Hall–Kier alpha value is -0.870. The quantitative estimate of drug-likeness (QED) is 0.857. The van der Waals surface area contributed by atoms with E-state index in [2.05, 4.69) is 18.2 Å². The summed E-state index contributed by atoms with van der Waals surface area (Å²) >= 11 is 0. The summed E-state index contributed by atoms with van der Waals surface area (Å²) in [5.41, 5.74) is 7.58. The molecule has 4 unspecified atom stereocenters. The van der Waals surface area contributed by atoms with Crippen LogP contribution in [0.3, 0.4) is 0 Å². The highest BCUT2D eigenvalue weighted by Crippen LogP contribution is 2.40. The molecule has 4 nitrogen and oxygen atoms in total. The molecule has 2 fully saturated rings. The third-order valence-corrected chi connectivity index (χ3v) is 4.19. The second-order valence-corrected chi connectivity index (χ2v) is 5.35. The van der Waals surface area contributed by atoms with Crippen LogP contribution in [0.5, 0.6) is 0 Å². The van der Waals surface area contributed by atoms with Crippen LogP contribution < -0.4 is 5.73 Å². The van der Waals surface area contributed by atoms with Crippen LogP contribution >= 0.6 is 0 Å². The van der Waals surface area contributed by atoms with Crippen LogP contribution in [0.4, 0.5) is 0 Å². The van der Waals surface area contributed by atoms with Gasteiger partial charge in [0, 0.05) is 24.7 Å². The highest BCUT2D eigenvalue weighted by atomic mass is 16.5. The van der Waals surface area contributed by atoms with E-state index in [1.54, 1.807) is 0 Å². The van der Waals surface area contributed by atoms with E-state index >= 15 is 0 Å². The Morgan fingerprint density at radius 2 is 2.47 bits per heavy atom. The molecule has 4 heteroatoms. The molecule has 2 aliphatic rings. The van der Waals surface area contributed by atoms with Crippen molar-refractivity contribution in [3.05, 3.63) is 18.0 Å². The molecule has 2 aliphatic heterocycles. The van der Waals surface area contributed by atoms with Crippen molar-refractivity contribution >= 4 is 0 Å². The predicted octanol–water partition coefficient (Wildman–Crippen LogP) is 1.34. The number of nitrogens with zero attached hydrogens (tertiary/aromatic N) is 2. The molecule has 0 aromatic carbocycles. The minimum atomic E-state index is 0.222. The van der Waals surface area contributed by atoms with Crippen LogP contribution in [-0.4, -0.2) is 28.0 Å². The zero-order valence-electron chi connectivity index (χ0n) is 10.4. The minimum Gasteiger partial charge on any atom is -0.375 e. The van der Waals surface area contributed by atoms with Crippen molar-refractivity contribution < 1.29 is 4.74 Å². The summed E-state index contributed by atoms with van der Waals surface area (Å²) in [6.07, 6.45) is 9.50. The zero-order chi connectivity index (χ0) is 11.8. The largest absolute Gasteiger partial charge is 0.375 e. The number of hydrogen-bond donors (Lipinski definition) is 1. The molecule has 0 spiro atoms. The number of rotatable bonds is 4. The van der Waals surface area contributed by atoms with E-state index in [9.17, 15) is 0 Å². The highest BCUT2D eigenvalue weighted by molar-refractivity contribution is 5.08. The second-order valence-electron chi connectivity index (χ2n) is 5.35. The number of ether oxygens (including phenoxy) is 1. The van der Waals surface area contributed by atoms with Gasteiger partial charge in [-0.3, -0.25) is 4.68 Å². The van der Waals surface area contributed by atoms with Gasteiger partial charge in [-0.05, 0) is 38.2 Å². The number of aryl methyl sites for hydroxylation is 1. The van der Waals surface area contributed by atoms with E-state index in [0.717, 1.165) is 19.4 Å². The maximum absolute atomic E-state index is 6.33. The summed E-state index contributed by atoms with van der Waals surface area (Å²) in [5.74, 6) is 0.554. The van der Waals surface area contributed by atoms with Crippen molar-refractivity contribution in [2.24, 2.45) is 11.7 Å². The topological polar surface area (TPSA) is 53.1 Å². The summed E-state index contributed by atoms with van der Waals surface area (Å²) in [7, 11) is 0. The first-order valence-corrected chi connectivity index (χ1v) is 6.68. The molecule has 1 aromatic heterocycles. The smallest absolute Gasteiger partial charge is 0.0623 e. The second kappa shape index (κ2) is 4.42. The summed E-state index contributed by atoms with van der Waals surface area (Å²) in [5, 5.41) is 4.29. The van der Waals surface area contributed by atoms with Gasteiger partial charge in [-0.15, -0.1) is 0 Å². The van der Waals surface area contributed by atoms with Crippen LogP contribution in [0.25, 0.3) is 0 Å². The van der Waals surface area contributed by atoms with E-state index in [0.29, 0.717) is 18.1 Å². The monoisotopic (exact) mass is 235 g/mol. The molecule has 17 heavy (non-hydrogen) atoms. The summed E-state index contributed by atoms with van der Waals surface area (Å²) in [6.45, 7) is 3.02. The van der Waals surface area contributed by atoms with E-state index < -0.39 is 0 Å². The highest BCUT2D eigenvalue weighted by Gasteiger charge is 2.43. The molecule has 94 valence electrons. The van der Waals surface area contributed by atoms with Gasteiger partial charge in [0.05, 0.1) is 18.4 Å². The summed E-state index contributed by atoms with van der Waals surface area (Å²) < 4.78 is 7.83. The molecule has 3 heterocycles. The van der Waals surface area contributed by atoms with Crippen LogP contribution in [0.1, 0.15) is 31.7 Å². The lowest BCUT2D eigenvalue weighted by atomic mass is 9.82. The SMILES string of the molecule is CCn1cc(CC(N)C2CC3CCC2O3)cn1. The van der Waals surface area contributed by atoms with E-state index in [-0.39, 0.29) is 6.04 Å². The Balaban J connectivity index is 1.61. The fourth-order valence-corrected chi connectivity index (χ4v) is 3.24. The standard InChI is InChI=1S/C13H21N3O/c1-2-16-8-9(7-15-16)5-12(14)11-6-10-3-4-13(11)17-10/h7-8,10-13H,2-6,14H2,1H3. The van der Waals surface area contributed by atoms with E-state index in [1.165, 1.54) is 18.4 Å². The molecule has 3 rings (SSSR count). The molecule has 0 radical (unpaired) electrons. The first-order valence-electron chi connectivity index (χ1n) is 6.68. The number of nitrogens with two attached hydrogens (primary N) is 1. The molecule has 0 aliphatic carbocycles. The third kappa shape index (κ3) is 2.11. The third-order valence-electron chi connectivity index (χ3n) is 4.19. The zero-order valence-corrected chi connectivity index (χ0v) is 10.4. The fraction of sp³-hybridized carbons (Fsp3) is 0.769.